The minimum absolute atomic E-state index is 0.333. The van der Waals surface area contributed by atoms with Crippen LogP contribution in [0.3, 0.4) is 0 Å². The van der Waals surface area contributed by atoms with Gasteiger partial charge in [-0.1, -0.05) is 13.8 Å². The molecule has 0 aromatic carbocycles. The maximum Gasteiger partial charge on any atom is 0.455 e. The van der Waals surface area contributed by atoms with Crippen molar-refractivity contribution in [3.63, 3.8) is 0 Å². The van der Waals surface area contributed by atoms with E-state index in [9.17, 15) is 31.5 Å². The number of carbonyl (C=O) groups is 2. The zero-order valence-corrected chi connectivity index (χ0v) is 10.8. The van der Waals surface area contributed by atoms with Crippen LogP contribution in [-0.4, -0.2) is 48.6 Å². The molecule has 0 radical (unpaired) electrons. The first-order valence-electron chi connectivity index (χ1n) is 5.86. The Labute approximate surface area is 111 Å². The molecule has 1 rings (SSSR count). The third kappa shape index (κ3) is 3.25. The Balaban J connectivity index is 2.43. The van der Waals surface area contributed by atoms with Gasteiger partial charge in [0.1, 0.15) is 6.61 Å². The van der Waals surface area contributed by atoms with Gasteiger partial charge in [0, 0.05) is 11.8 Å². The number of amides is 2. The molecule has 1 heterocycles. The van der Waals surface area contributed by atoms with Crippen molar-refractivity contribution in [1.29, 1.82) is 0 Å². The lowest BCUT2D eigenvalue weighted by Gasteiger charge is -2.20. The second kappa shape index (κ2) is 5.63. The lowest BCUT2D eigenvalue weighted by atomic mass is 10.00. The first-order chi connectivity index (χ1) is 8.99. The number of ether oxygens (including phenoxy) is 1. The van der Waals surface area contributed by atoms with E-state index in [0.717, 1.165) is 4.90 Å². The van der Waals surface area contributed by atoms with Crippen LogP contribution in [0.15, 0.2) is 0 Å². The van der Waals surface area contributed by atoms with E-state index in [4.69, 9.17) is 0 Å². The van der Waals surface area contributed by atoms with Crippen molar-refractivity contribution in [3.05, 3.63) is 0 Å². The fourth-order valence-electron chi connectivity index (χ4n) is 1.69. The highest BCUT2D eigenvalue weighted by atomic mass is 19.4. The van der Waals surface area contributed by atoms with Gasteiger partial charge in [-0.15, -0.1) is 0 Å². The molecule has 2 amide bonds. The summed E-state index contributed by atoms with van der Waals surface area (Å²) in [5.41, 5.74) is 0. The van der Waals surface area contributed by atoms with Gasteiger partial charge >= 0.3 is 12.1 Å². The molecule has 2 atom stereocenters. The largest absolute Gasteiger partial charge is 0.455 e. The molecule has 116 valence electrons. The summed E-state index contributed by atoms with van der Waals surface area (Å²) in [4.78, 5) is 24.0. The summed E-state index contributed by atoms with van der Waals surface area (Å²) in [6.45, 7) is 0.355. The van der Waals surface area contributed by atoms with Crippen LogP contribution >= 0.6 is 0 Å². The van der Waals surface area contributed by atoms with E-state index >= 15 is 0 Å². The summed E-state index contributed by atoms with van der Waals surface area (Å²) >= 11 is 0. The first-order valence-corrected chi connectivity index (χ1v) is 5.86. The zero-order chi connectivity index (χ0) is 15.7. The van der Waals surface area contributed by atoms with Gasteiger partial charge in [0.05, 0.1) is 13.2 Å². The predicted molar refractivity (Wildman–Crippen MR) is 56.9 cm³/mol. The molecule has 0 aromatic rings. The average molecular weight is 303 g/mol. The van der Waals surface area contributed by atoms with Crippen LogP contribution in [0, 0.1) is 11.8 Å². The van der Waals surface area contributed by atoms with Crippen molar-refractivity contribution in [2.75, 3.05) is 19.8 Å². The highest BCUT2D eigenvalue weighted by Gasteiger charge is 2.57. The second-order valence-electron chi connectivity index (χ2n) is 4.66. The molecule has 1 fully saturated rings. The van der Waals surface area contributed by atoms with Gasteiger partial charge in [-0.25, -0.2) is 0 Å². The fourth-order valence-corrected chi connectivity index (χ4v) is 1.69. The van der Waals surface area contributed by atoms with Crippen LogP contribution in [0.1, 0.15) is 13.8 Å². The molecule has 0 aliphatic carbocycles. The summed E-state index contributed by atoms with van der Waals surface area (Å²) in [6, 6.07) is 0. The maximum atomic E-state index is 12.5. The van der Waals surface area contributed by atoms with Crippen molar-refractivity contribution in [2.24, 2.45) is 11.8 Å². The molecular formula is C11H14F5NO3. The molecule has 0 aromatic heterocycles. The minimum atomic E-state index is -5.69. The van der Waals surface area contributed by atoms with Crippen molar-refractivity contribution < 1.29 is 36.3 Å². The van der Waals surface area contributed by atoms with E-state index in [-0.39, 0.29) is 6.54 Å². The van der Waals surface area contributed by atoms with Gasteiger partial charge in [-0.3, -0.25) is 14.5 Å². The Morgan fingerprint density at radius 3 is 1.90 bits per heavy atom. The second-order valence-corrected chi connectivity index (χ2v) is 4.66. The number of halogens is 5. The molecule has 20 heavy (non-hydrogen) atoms. The number of imide groups is 1. The number of rotatable bonds is 5. The Morgan fingerprint density at radius 1 is 1.05 bits per heavy atom. The smallest absolute Gasteiger partial charge is 0.373 e. The predicted octanol–water partition coefficient (Wildman–Crippen LogP) is 1.84. The SMILES string of the molecule is C[C@@H]1C(=O)N(CCOCC(F)(F)C(F)(F)F)C(=O)[C@@H]1C. The van der Waals surface area contributed by atoms with E-state index in [2.05, 4.69) is 4.74 Å². The van der Waals surface area contributed by atoms with Crippen LogP contribution in [0.2, 0.25) is 0 Å². The monoisotopic (exact) mass is 303 g/mol. The number of hydrogen-bond acceptors (Lipinski definition) is 3. The van der Waals surface area contributed by atoms with Crippen LogP contribution in [0.5, 0.6) is 0 Å². The Morgan fingerprint density at radius 2 is 1.50 bits per heavy atom. The number of likely N-dealkylation sites (tertiary alicyclic amines) is 1. The molecule has 1 aliphatic heterocycles. The standard InChI is InChI=1S/C11H14F5NO3/c1-6-7(2)9(19)17(8(6)18)3-4-20-5-10(12,13)11(14,15)16/h6-7H,3-5H2,1-2H3/t6-,7+. The lowest BCUT2D eigenvalue weighted by molar-refractivity contribution is -0.296. The van der Waals surface area contributed by atoms with E-state index in [1.54, 1.807) is 13.8 Å². The van der Waals surface area contributed by atoms with Crippen LogP contribution < -0.4 is 0 Å². The van der Waals surface area contributed by atoms with E-state index < -0.39 is 49.0 Å². The van der Waals surface area contributed by atoms with E-state index in [0.29, 0.717) is 0 Å². The summed E-state index contributed by atoms with van der Waals surface area (Å²) in [6.07, 6.45) is -5.69. The van der Waals surface area contributed by atoms with Gasteiger partial charge < -0.3 is 4.74 Å². The Bertz CT molecular complexity index is 376. The number of hydrogen-bond donors (Lipinski definition) is 0. The molecule has 0 bridgehead atoms. The van der Waals surface area contributed by atoms with Gasteiger partial charge in [-0.2, -0.15) is 22.0 Å². The summed E-state index contributed by atoms with van der Waals surface area (Å²) in [5, 5.41) is 0. The Kier molecular flexibility index (Phi) is 4.73. The zero-order valence-electron chi connectivity index (χ0n) is 10.8. The average Bonchev–Trinajstić information content (AvgIpc) is 2.50. The van der Waals surface area contributed by atoms with Gasteiger partial charge in [0.2, 0.25) is 11.8 Å². The van der Waals surface area contributed by atoms with Crippen molar-refractivity contribution in [3.8, 4) is 0 Å². The molecule has 4 nitrogen and oxygen atoms in total. The molecule has 1 saturated heterocycles. The van der Waals surface area contributed by atoms with Crippen LogP contribution in [0.25, 0.3) is 0 Å². The maximum absolute atomic E-state index is 12.5. The summed E-state index contributed by atoms with van der Waals surface area (Å²) in [7, 11) is 0. The third-order valence-electron chi connectivity index (χ3n) is 3.22. The quantitative estimate of drug-likeness (QED) is 0.442. The third-order valence-corrected chi connectivity index (χ3v) is 3.22. The minimum Gasteiger partial charge on any atom is -0.373 e. The first kappa shape index (κ1) is 16.8. The van der Waals surface area contributed by atoms with Crippen LogP contribution in [0.4, 0.5) is 22.0 Å². The van der Waals surface area contributed by atoms with Crippen molar-refractivity contribution >= 4 is 11.8 Å². The van der Waals surface area contributed by atoms with Gasteiger partial charge in [0.25, 0.3) is 0 Å². The molecule has 0 unspecified atom stereocenters. The Hall–Kier alpha value is -1.25. The van der Waals surface area contributed by atoms with E-state index in [1.807, 2.05) is 0 Å². The lowest BCUT2D eigenvalue weighted by Crippen LogP contribution is -2.42. The number of alkyl halides is 5. The van der Waals surface area contributed by atoms with Crippen molar-refractivity contribution in [1.82, 2.24) is 4.90 Å². The topological polar surface area (TPSA) is 46.6 Å². The fraction of sp³-hybridized carbons (Fsp3) is 0.818. The van der Waals surface area contributed by atoms with E-state index in [1.165, 1.54) is 0 Å². The number of carbonyl (C=O) groups excluding carboxylic acids is 2. The molecule has 0 saturated carbocycles. The normalized spacial score (nSPS) is 24.6. The molecule has 0 spiro atoms. The molecular weight excluding hydrogens is 289 g/mol. The highest BCUT2D eigenvalue weighted by molar-refractivity contribution is 6.04. The summed E-state index contributed by atoms with van der Waals surface area (Å²) < 4.78 is 64.8. The molecule has 1 aliphatic rings. The van der Waals surface area contributed by atoms with Crippen LogP contribution in [-0.2, 0) is 14.3 Å². The number of nitrogens with zero attached hydrogens (tertiary/aromatic N) is 1. The molecule has 9 heteroatoms. The highest BCUT2D eigenvalue weighted by Crippen LogP contribution is 2.35. The van der Waals surface area contributed by atoms with Crippen molar-refractivity contribution in [2.45, 2.75) is 25.9 Å². The van der Waals surface area contributed by atoms with Gasteiger partial charge in [-0.05, 0) is 0 Å². The molecule has 0 N–H and O–H groups in total. The van der Waals surface area contributed by atoms with Gasteiger partial charge in [0.15, 0.2) is 0 Å². The summed E-state index contributed by atoms with van der Waals surface area (Å²) in [5.74, 6) is -6.97.